The molecule has 1 aliphatic heterocycles. The predicted molar refractivity (Wildman–Crippen MR) is 269 cm³/mol. The second-order valence-electron chi connectivity index (χ2n) is 21.9. The third kappa shape index (κ3) is 11.9. The molecule has 14 nitrogen and oxygen atoms in total. The van der Waals surface area contributed by atoms with Gasteiger partial charge in [-0.25, -0.2) is 0 Å². The molecule has 3 aromatic carbocycles. The topological polar surface area (TPSA) is 165 Å². The number of hydrogen-bond donors (Lipinski definition) is 3. The van der Waals surface area contributed by atoms with Gasteiger partial charge in [0.25, 0.3) is 5.91 Å². The molecule has 3 N–H and O–H groups in total. The minimum atomic E-state index is -2.00. The number of aliphatic hydroxyl groups is 1. The van der Waals surface area contributed by atoms with Gasteiger partial charge in [0.15, 0.2) is 8.32 Å². The first kappa shape index (κ1) is 51.9. The van der Waals surface area contributed by atoms with Gasteiger partial charge in [-0.1, -0.05) is 95.2 Å². The van der Waals surface area contributed by atoms with Crippen molar-refractivity contribution in [3.63, 3.8) is 0 Å². The monoisotopic (exact) mass is 939 g/mol. The Balaban J connectivity index is 1.34. The fraction of sp³-hybridized carbons (Fsp3) is 0.615. The number of anilines is 1. The number of carbonyl (C=O) groups excluding carboxylic acids is 2. The molecule has 366 valence electrons. The van der Waals surface area contributed by atoms with Gasteiger partial charge in [-0.3, -0.25) is 14.4 Å². The Kier molecular flexibility index (Phi) is 16.6. The van der Waals surface area contributed by atoms with Crippen LogP contribution in [-0.4, -0.2) is 120 Å². The average Bonchev–Trinajstić information content (AvgIpc) is 3.63. The minimum Gasteiger partial charge on any atom is -0.496 e. The summed E-state index contributed by atoms with van der Waals surface area (Å²) >= 11 is 0. The molecule has 3 aliphatic carbocycles. The Hall–Kier alpha value is -4.47. The molecule has 9 atom stereocenters. The maximum atomic E-state index is 14.6. The quantitative estimate of drug-likeness (QED) is 0.0435. The zero-order valence-electron chi connectivity index (χ0n) is 42.4. The van der Waals surface area contributed by atoms with E-state index in [-0.39, 0.29) is 47.4 Å². The Labute approximate surface area is 400 Å². The number of nitrogens with zero attached hydrogens (tertiary/aromatic N) is 6. The summed E-state index contributed by atoms with van der Waals surface area (Å²) in [4.78, 5) is 42.8. The lowest BCUT2D eigenvalue weighted by Crippen LogP contribution is -2.62. The Bertz CT molecular complexity index is 2230. The van der Waals surface area contributed by atoms with E-state index in [0.717, 1.165) is 34.4 Å². The third-order valence-corrected chi connectivity index (χ3v) is 20.2. The van der Waals surface area contributed by atoms with Crippen LogP contribution in [0.1, 0.15) is 82.8 Å². The van der Waals surface area contributed by atoms with Crippen molar-refractivity contribution >= 4 is 25.8 Å². The SMILES string of the molecule is COc1c(CN2O[C@@H](CN=[N+]=[N-])[C@@H]([C@H](C)O)[C@H]2C(=O)N[C@H]2C[C@@H]3C[C@H]([C@@H]2C)C3(C)C)cccc1-c1cc(C(=O)N[C@@H](Cc2ccccc2)CN(C)C)cc(N(C)CCO[Si](C)(C)C(C)(C)C)c1. The lowest BCUT2D eigenvalue weighted by atomic mass is 9.45. The maximum Gasteiger partial charge on any atom is 0.251 e. The van der Waals surface area contributed by atoms with Crippen LogP contribution in [0, 0.1) is 29.1 Å². The van der Waals surface area contributed by atoms with Gasteiger partial charge in [0.2, 0.25) is 5.91 Å². The van der Waals surface area contributed by atoms with E-state index in [1.54, 1.807) is 19.1 Å². The van der Waals surface area contributed by atoms with Crippen LogP contribution >= 0.6 is 0 Å². The van der Waals surface area contributed by atoms with Crippen LogP contribution in [0.4, 0.5) is 5.69 Å². The molecular formula is C52H78N8O6Si. The van der Waals surface area contributed by atoms with Crippen molar-refractivity contribution in [1.82, 2.24) is 20.6 Å². The number of hydroxylamine groups is 2. The number of fused-ring (bicyclic) bond motifs is 2. The van der Waals surface area contributed by atoms with Crippen LogP contribution in [0.2, 0.25) is 18.1 Å². The van der Waals surface area contributed by atoms with Crippen molar-refractivity contribution < 1.29 is 28.7 Å². The van der Waals surface area contributed by atoms with Crippen LogP contribution < -0.4 is 20.3 Å². The Morgan fingerprint density at radius 1 is 1.07 bits per heavy atom. The summed E-state index contributed by atoms with van der Waals surface area (Å²) in [5, 5.41) is 23.5. The largest absolute Gasteiger partial charge is 0.496 e. The van der Waals surface area contributed by atoms with E-state index < -0.39 is 32.5 Å². The van der Waals surface area contributed by atoms with Crippen LogP contribution in [0.3, 0.4) is 0 Å². The van der Waals surface area contributed by atoms with E-state index in [1.165, 1.54) is 6.42 Å². The molecule has 0 spiro atoms. The van der Waals surface area contributed by atoms with Gasteiger partial charge in [-0.2, -0.15) is 5.06 Å². The van der Waals surface area contributed by atoms with Gasteiger partial charge in [-0.05, 0) is 116 Å². The van der Waals surface area contributed by atoms with E-state index in [2.05, 4.69) is 103 Å². The van der Waals surface area contributed by atoms with Gasteiger partial charge in [0.1, 0.15) is 11.8 Å². The number of nitrogens with one attached hydrogen (secondary N) is 2. The molecule has 0 aromatic heterocycles. The summed E-state index contributed by atoms with van der Waals surface area (Å²) in [7, 11) is 5.66. The number of benzene rings is 3. The van der Waals surface area contributed by atoms with E-state index in [4.69, 9.17) is 14.0 Å². The number of carbonyl (C=O) groups is 2. The molecule has 3 saturated carbocycles. The number of rotatable bonds is 20. The lowest BCUT2D eigenvalue weighted by molar-refractivity contribution is -0.175. The summed E-state index contributed by atoms with van der Waals surface area (Å²) < 4.78 is 12.8. The van der Waals surface area contributed by atoms with E-state index in [1.807, 2.05) is 69.7 Å². The minimum absolute atomic E-state index is 0.00161. The van der Waals surface area contributed by atoms with Gasteiger partial charge < -0.3 is 34.7 Å². The Morgan fingerprint density at radius 3 is 2.40 bits per heavy atom. The van der Waals surface area contributed by atoms with Crippen LogP contribution in [0.5, 0.6) is 5.75 Å². The van der Waals surface area contributed by atoms with Crippen molar-refractivity contribution in [2.75, 3.05) is 59.4 Å². The fourth-order valence-electron chi connectivity index (χ4n) is 10.6. The molecule has 4 aliphatic rings. The highest BCUT2D eigenvalue weighted by molar-refractivity contribution is 6.74. The maximum absolute atomic E-state index is 14.6. The standard InChI is InChI=1S/C52H78N8O6Si/c1-33-43-28-39(52(43,6)7)29-44(33)56-50(63)47-46(34(2)61)45(30-54-57-53)66-60(47)31-36-20-17-21-42(48(36)64-11)37-25-38(27-41(26-37)59(10)22-23-65-67(12,13)51(3,4)5)49(62)55-40(32-58(8)9)24-35-18-15-14-16-19-35/h14-21,25-27,33-34,39-40,43-47,61H,22-24,28-32H2,1-13H3,(H,55,62)(H,56,63)/t33-,34-,39-,40-,43+,44-,45-,46+,47-/m0/s1. The third-order valence-electron chi connectivity index (χ3n) is 15.7. The molecular weight excluding hydrogens is 861 g/mol. The van der Waals surface area contributed by atoms with Gasteiger partial charge >= 0.3 is 0 Å². The van der Waals surface area contributed by atoms with Crippen molar-refractivity contribution in [1.29, 1.82) is 0 Å². The normalized spacial score (nSPS) is 24.6. The van der Waals surface area contributed by atoms with E-state index in [0.29, 0.717) is 55.2 Å². The zero-order valence-corrected chi connectivity index (χ0v) is 43.4. The van der Waals surface area contributed by atoms with E-state index >= 15 is 0 Å². The average molecular weight is 939 g/mol. The molecule has 0 radical (unpaired) electrons. The molecule has 1 heterocycles. The summed E-state index contributed by atoms with van der Waals surface area (Å²) in [6.07, 6.45) is 1.09. The molecule has 0 unspecified atom stereocenters. The molecule has 15 heteroatoms. The second-order valence-corrected chi connectivity index (χ2v) is 26.7. The van der Waals surface area contributed by atoms with Gasteiger partial charge in [0.05, 0.1) is 39.0 Å². The highest BCUT2D eigenvalue weighted by Crippen LogP contribution is 2.61. The highest BCUT2D eigenvalue weighted by atomic mass is 28.4. The zero-order chi connectivity index (χ0) is 49.0. The number of para-hydroxylation sites is 1. The second kappa shape index (κ2) is 21.4. The molecule has 67 heavy (non-hydrogen) atoms. The summed E-state index contributed by atoms with van der Waals surface area (Å²) in [6, 6.07) is 21.0. The number of amides is 2. The first-order valence-electron chi connectivity index (χ1n) is 24.1. The highest BCUT2D eigenvalue weighted by Gasteiger charge is 2.57. The molecule has 1 saturated heterocycles. The predicted octanol–water partition coefficient (Wildman–Crippen LogP) is 8.70. The Morgan fingerprint density at radius 2 is 1.79 bits per heavy atom. The number of aliphatic hydroxyl groups excluding tert-OH is 1. The van der Waals surface area contributed by atoms with Gasteiger partial charge in [-0.15, -0.1) is 0 Å². The number of methoxy groups -OCH3 is 1. The summed E-state index contributed by atoms with van der Waals surface area (Å²) in [6.45, 7) is 21.7. The molecule has 4 fully saturated rings. The van der Waals surface area contributed by atoms with E-state index in [9.17, 15) is 20.2 Å². The van der Waals surface area contributed by atoms with Crippen molar-refractivity contribution in [2.45, 2.75) is 123 Å². The van der Waals surface area contributed by atoms with Crippen LogP contribution in [0.25, 0.3) is 21.6 Å². The van der Waals surface area contributed by atoms with Gasteiger partial charge in [0, 0.05) is 65.4 Å². The first-order valence-corrected chi connectivity index (χ1v) is 27.1. The molecule has 7 rings (SSSR count). The number of likely N-dealkylation sites (N-methyl/N-ethyl adjacent to an activating group) is 2. The van der Waals surface area contributed by atoms with Crippen LogP contribution in [-0.2, 0) is 27.0 Å². The number of azide groups is 1. The molecule has 2 bridgehead atoms. The number of hydrogen-bond acceptors (Lipinski definition) is 10. The lowest BCUT2D eigenvalue weighted by Gasteiger charge is -2.62. The van der Waals surface area contributed by atoms with Crippen molar-refractivity contribution in [2.24, 2.45) is 34.2 Å². The van der Waals surface area contributed by atoms with Crippen molar-refractivity contribution in [3.05, 3.63) is 93.9 Å². The fourth-order valence-corrected chi connectivity index (χ4v) is 11.7. The molecule has 2 amide bonds. The number of ether oxygens (including phenoxy) is 1. The first-order chi connectivity index (χ1) is 31.6. The molecule has 3 aromatic rings. The van der Waals surface area contributed by atoms with Crippen LogP contribution in [0.15, 0.2) is 71.8 Å². The van der Waals surface area contributed by atoms with Crippen molar-refractivity contribution in [3.8, 4) is 16.9 Å². The summed E-state index contributed by atoms with van der Waals surface area (Å²) in [5.41, 5.74) is 14.3. The smallest absolute Gasteiger partial charge is 0.251 e. The summed E-state index contributed by atoms with van der Waals surface area (Å²) in [5.74, 6) is 0.855.